The summed E-state index contributed by atoms with van der Waals surface area (Å²) in [5, 5.41) is 0.950. The highest BCUT2D eigenvalue weighted by Gasteiger charge is 2.18. The molecule has 0 saturated heterocycles. The Kier molecular flexibility index (Phi) is 1.50. The minimum Gasteiger partial charge on any atom is -0.0885 e. The first-order chi connectivity index (χ1) is 5.29. The molecule has 0 nitrogen and oxygen atoms in total. The van der Waals surface area contributed by atoms with E-state index in [0.717, 1.165) is 5.03 Å². The highest BCUT2D eigenvalue weighted by molar-refractivity contribution is 6.33. The third kappa shape index (κ3) is 0.982. The first-order valence-corrected chi connectivity index (χ1v) is 4.13. The van der Waals surface area contributed by atoms with Gasteiger partial charge < -0.3 is 0 Å². The van der Waals surface area contributed by atoms with Gasteiger partial charge in [-0.3, -0.25) is 0 Å². The Labute approximate surface area is 71.5 Å². The van der Waals surface area contributed by atoms with Crippen LogP contribution >= 0.6 is 11.6 Å². The Morgan fingerprint density at radius 1 is 1.27 bits per heavy atom. The van der Waals surface area contributed by atoms with Gasteiger partial charge in [0, 0.05) is 11.0 Å². The summed E-state index contributed by atoms with van der Waals surface area (Å²) < 4.78 is 0. The highest BCUT2D eigenvalue weighted by Crippen LogP contribution is 2.37. The molecule has 1 aliphatic rings. The molecule has 0 aliphatic heterocycles. The second-order valence-corrected chi connectivity index (χ2v) is 3.32. The number of benzene rings is 1. The average Bonchev–Trinajstić information content (AvgIpc) is 2.30. The summed E-state index contributed by atoms with van der Waals surface area (Å²) in [7, 11) is 0. The zero-order valence-electron chi connectivity index (χ0n) is 6.34. The van der Waals surface area contributed by atoms with Crippen molar-refractivity contribution in [3.05, 3.63) is 40.4 Å². The van der Waals surface area contributed by atoms with E-state index in [9.17, 15) is 0 Å². The third-order valence-electron chi connectivity index (χ3n) is 2.17. The maximum absolute atomic E-state index is 5.99. The van der Waals surface area contributed by atoms with Crippen LogP contribution in [-0.2, 0) is 0 Å². The predicted molar refractivity (Wildman–Crippen MR) is 48.7 cm³/mol. The molecule has 1 aliphatic carbocycles. The van der Waals surface area contributed by atoms with Gasteiger partial charge in [0.05, 0.1) is 0 Å². The Morgan fingerprint density at radius 2 is 2.00 bits per heavy atom. The topological polar surface area (TPSA) is 0 Å². The largest absolute Gasteiger partial charge is 0.0885 e. The van der Waals surface area contributed by atoms with Crippen molar-refractivity contribution in [2.24, 2.45) is 0 Å². The Balaban J connectivity index is 2.58. The molecular formula is C10H9Cl. The van der Waals surface area contributed by atoms with Crippen LogP contribution in [0.3, 0.4) is 0 Å². The maximum atomic E-state index is 5.99. The number of halogens is 1. The summed E-state index contributed by atoms with van der Waals surface area (Å²) in [5.74, 6) is 0.396. The van der Waals surface area contributed by atoms with E-state index in [0.29, 0.717) is 5.92 Å². The third-order valence-corrected chi connectivity index (χ3v) is 2.61. The van der Waals surface area contributed by atoms with Crippen LogP contribution in [0, 0.1) is 0 Å². The van der Waals surface area contributed by atoms with E-state index in [2.05, 4.69) is 25.1 Å². The SMILES string of the molecule is CC1C(Cl)=Cc2ccccc21. The van der Waals surface area contributed by atoms with Gasteiger partial charge in [0.15, 0.2) is 0 Å². The molecular weight excluding hydrogens is 156 g/mol. The zero-order valence-corrected chi connectivity index (χ0v) is 7.10. The second kappa shape index (κ2) is 2.38. The van der Waals surface area contributed by atoms with Gasteiger partial charge in [-0.05, 0) is 17.2 Å². The molecule has 0 bridgehead atoms. The highest BCUT2D eigenvalue weighted by atomic mass is 35.5. The fraction of sp³-hybridized carbons (Fsp3) is 0.200. The van der Waals surface area contributed by atoms with Crippen LogP contribution in [-0.4, -0.2) is 0 Å². The summed E-state index contributed by atoms with van der Waals surface area (Å²) in [5.41, 5.74) is 2.61. The summed E-state index contributed by atoms with van der Waals surface area (Å²) in [6, 6.07) is 8.32. The van der Waals surface area contributed by atoms with Gasteiger partial charge in [-0.15, -0.1) is 0 Å². The lowest BCUT2D eigenvalue weighted by Crippen LogP contribution is -1.87. The molecule has 1 heteroatoms. The van der Waals surface area contributed by atoms with E-state index in [1.54, 1.807) is 0 Å². The molecule has 0 saturated carbocycles. The average molecular weight is 165 g/mol. The number of allylic oxidation sites excluding steroid dienone is 1. The molecule has 1 aromatic rings. The summed E-state index contributed by atoms with van der Waals surface area (Å²) in [4.78, 5) is 0. The van der Waals surface area contributed by atoms with Crippen molar-refractivity contribution in [1.82, 2.24) is 0 Å². The lowest BCUT2D eigenvalue weighted by molar-refractivity contribution is 0.972. The van der Waals surface area contributed by atoms with Crippen molar-refractivity contribution in [2.45, 2.75) is 12.8 Å². The van der Waals surface area contributed by atoms with Gasteiger partial charge >= 0.3 is 0 Å². The van der Waals surface area contributed by atoms with Crippen LogP contribution in [0.4, 0.5) is 0 Å². The van der Waals surface area contributed by atoms with Crippen LogP contribution in [0.25, 0.3) is 6.08 Å². The first-order valence-electron chi connectivity index (χ1n) is 3.75. The molecule has 0 radical (unpaired) electrons. The molecule has 56 valence electrons. The number of hydrogen-bond donors (Lipinski definition) is 0. The Bertz CT molecular complexity index is 312. The van der Waals surface area contributed by atoms with Gasteiger partial charge in [0.1, 0.15) is 0 Å². The van der Waals surface area contributed by atoms with Crippen molar-refractivity contribution in [2.75, 3.05) is 0 Å². The fourth-order valence-electron chi connectivity index (χ4n) is 1.46. The minimum atomic E-state index is 0.396. The van der Waals surface area contributed by atoms with E-state index < -0.39 is 0 Å². The molecule has 0 aromatic heterocycles. The lowest BCUT2D eigenvalue weighted by Gasteiger charge is -2.04. The van der Waals surface area contributed by atoms with Gasteiger partial charge in [-0.25, -0.2) is 0 Å². The molecule has 0 N–H and O–H groups in total. The molecule has 11 heavy (non-hydrogen) atoms. The van der Waals surface area contributed by atoms with E-state index >= 15 is 0 Å². The molecule has 0 heterocycles. The normalized spacial score (nSPS) is 21.3. The van der Waals surface area contributed by atoms with Crippen molar-refractivity contribution in [3.63, 3.8) is 0 Å². The van der Waals surface area contributed by atoms with Gasteiger partial charge in [-0.1, -0.05) is 42.8 Å². The van der Waals surface area contributed by atoms with Crippen molar-refractivity contribution < 1.29 is 0 Å². The van der Waals surface area contributed by atoms with Gasteiger partial charge in [-0.2, -0.15) is 0 Å². The zero-order chi connectivity index (χ0) is 7.84. The van der Waals surface area contributed by atoms with Crippen LogP contribution in [0.2, 0.25) is 0 Å². The lowest BCUT2D eigenvalue weighted by atomic mass is 10.0. The Hall–Kier alpha value is -0.750. The van der Waals surface area contributed by atoms with Gasteiger partial charge in [0.25, 0.3) is 0 Å². The van der Waals surface area contributed by atoms with E-state index in [-0.39, 0.29) is 0 Å². The van der Waals surface area contributed by atoms with Crippen LogP contribution in [0.5, 0.6) is 0 Å². The van der Waals surface area contributed by atoms with Crippen molar-refractivity contribution in [1.29, 1.82) is 0 Å². The van der Waals surface area contributed by atoms with Crippen molar-refractivity contribution >= 4 is 17.7 Å². The molecule has 1 aromatic carbocycles. The molecule has 0 spiro atoms. The standard InChI is InChI=1S/C10H9Cl/c1-7-9-5-3-2-4-8(9)6-10(7)11/h2-7H,1H3. The van der Waals surface area contributed by atoms with E-state index in [1.807, 2.05) is 12.1 Å². The second-order valence-electron chi connectivity index (χ2n) is 2.88. The predicted octanol–water partition coefficient (Wildman–Crippen LogP) is 3.38. The molecule has 1 atom stereocenters. The van der Waals surface area contributed by atoms with Crippen LogP contribution in [0.1, 0.15) is 24.0 Å². The number of rotatable bonds is 0. The molecule has 0 fully saturated rings. The molecule has 1 unspecified atom stereocenters. The minimum absolute atomic E-state index is 0.396. The van der Waals surface area contributed by atoms with E-state index in [1.165, 1.54) is 11.1 Å². The van der Waals surface area contributed by atoms with Crippen molar-refractivity contribution in [3.8, 4) is 0 Å². The monoisotopic (exact) mass is 164 g/mol. The van der Waals surface area contributed by atoms with Gasteiger partial charge in [0.2, 0.25) is 0 Å². The molecule has 2 rings (SSSR count). The maximum Gasteiger partial charge on any atom is 0.0259 e. The van der Waals surface area contributed by atoms with Crippen LogP contribution < -0.4 is 0 Å². The number of fused-ring (bicyclic) bond motifs is 1. The summed E-state index contributed by atoms with van der Waals surface area (Å²) in [6.45, 7) is 2.13. The summed E-state index contributed by atoms with van der Waals surface area (Å²) in [6.07, 6.45) is 2.04. The first kappa shape index (κ1) is 6.93. The Morgan fingerprint density at radius 3 is 2.73 bits per heavy atom. The van der Waals surface area contributed by atoms with Crippen LogP contribution in [0.15, 0.2) is 29.3 Å². The quantitative estimate of drug-likeness (QED) is 0.552. The summed E-state index contributed by atoms with van der Waals surface area (Å²) >= 11 is 5.99. The number of hydrogen-bond acceptors (Lipinski definition) is 0. The smallest absolute Gasteiger partial charge is 0.0259 e. The molecule has 0 amide bonds. The fourth-order valence-corrected chi connectivity index (χ4v) is 1.69. The van der Waals surface area contributed by atoms with E-state index in [4.69, 9.17) is 11.6 Å².